The molecule has 0 spiro atoms. The van der Waals surface area contributed by atoms with E-state index in [1.807, 2.05) is 17.0 Å². The van der Waals surface area contributed by atoms with Crippen LogP contribution in [-0.4, -0.2) is 72.6 Å². The van der Waals surface area contributed by atoms with Crippen molar-refractivity contribution >= 4 is 23.2 Å². The van der Waals surface area contributed by atoms with Crippen molar-refractivity contribution < 1.29 is 14.7 Å². The monoisotopic (exact) mass is 372 g/mol. The minimum absolute atomic E-state index is 0.0257. The van der Waals surface area contributed by atoms with Gasteiger partial charge in [-0.1, -0.05) is 0 Å². The standard InChI is InChI=1S/C20H28N4O3/c25-13-15-7-14(10-23-5-1-2-6-23)11-24(12-15)20(27)16-3-4-17-18(8-16)22-19(26)9-21-17/h3-4,8,14-15,21,25H,1-2,5-7,9-13H2,(H,22,26)/t14-,15-/m1/s1. The Morgan fingerprint density at radius 3 is 2.70 bits per heavy atom. The molecule has 3 aliphatic heterocycles. The van der Waals surface area contributed by atoms with E-state index in [4.69, 9.17) is 0 Å². The van der Waals surface area contributed by atoms with Gasteiger partial charge in [0.25, 0.3) is 5.91 Å². The summed E-state index contributed by atoms with van der Waals surface area (Å²) in [6, 6.07) is 5.40. The van der Waals surface area contributed by atoms with Crippen LogP contribution < -0.4 is 10.6 Å². The third-order valence-corrected chi connectivity index (χ3v) is 5.86. The number of likely N-dealkylation sites (tertiary alicyclic amines) is 2. The Morgan fingerprint density at radius 2 is 1.93 bits per heavy atom. The lowest BCUT2D eigenvalue weighted by molar-refractivity contribution is -0.114. The second-order valence-corrected chi connectivity index (χ2v) is 8.03. The zero-order valence-corrected chi connectivity index (χ0v) is 15.6. The molecular weight excluding hydrogens is 344 g/mol. The second kappa shape index (κ2) is 7.86. The summed E-state index contributed by atoms with van der Waals surface area (Å²) in [4.78, 5) is 29.1. The molecule has 2 saturated heterocycles. The van der Waals surface area contributed by atoms with Crippen molar-refractivity contribution in [2.75, 3.05) is 56.5 Å². The van der Waals surface area contributed by atoms with E-state index in [0.29, 0.717) is 23.7 Å². The normalized spacial score (nSPS) is 25.7. The summed E-state index contributed by atoms with van der Waals surface area (Å²) in [5.41, 5.74) is 2.07. The number of anilines is 2. The SMILES string of the molecule is O=C1CNc2ccc(C(=O)N3C[C@H](CO)C[C@H](CN4CCCC4)C3)cc2N1. The first kappa shape index (κ1) is 18.3. The van der Waals surface area contributed by atoms with Gasteiger partial charge in [0, 0.05) is 31.8 Å². The summed E-state index contributed by atoms with van der Waals surface area (Å²) in [5.74, 6) is 0.407. The minimum Gasteiger partial charge on any atom is -0.396 e. The highest BCUT2D eigenvalue weighted by molar-refractivity contribution is 6.03. The van der Waals surface area contributed by atoms with E-state index in [0.717, 1.165) is 38.3 Å². The predicted molar refractivity (Wildman–Crippen MR) is 104 cm³/mol. The number of nitrogens with one attached hydrogen (secondary N) is 2. The lowest BCUT2D eigenvalue weighted by Crippen LogP contribution is -2.47. The van der Waals surface area contributed by atoms with Crippen LogP contribution in [0.15, 0.2) is 18.2 Å². The molecule has 4 rings (SSSR count). The van der Waals surface area contributed by atoms with E-state index >= 15 is 0 Å². The molecule has 2 fully saturated rings. The summed E-state index contributed by atoms with van der Waals surface area (Å²) in [7, 11) is 0. The first-order valence-corrected chi connectivity index (χ1v) is 9.92. The number of aliphatic hydroxyl groups excluding tert-OH is 1. The average Bonchev–Trinajstić information content (AvgIpc) is 3.19. The highest BCUT2D eigenvalue weighted by Crippen LogP contribution is 2.29. The van der Waals surface area contributed by atoms with Gasteiger partial charge in [0.2, 0.25) is 5.91 Å². The lowest BCUT2D eigenvalue weighted by atomic mass is 9.88. The number of carbonyl (C=O) groups is 2. The zero-order chi connectivity index (χ0) is 18.8. The molecule has 7 heteroatoms. The summed E-state index contributed by atoms with van der Waals surface area (Å²) in [5, 5.41) is 15.6. The van der Waals surface area contributed by atoms with Gasteiger partial charge in [0.15, 0.2) is 0 Å². The molecule has 1 aromatic carbocycles. The van der Waals surface area contributed by atoms with E-state index < -0.39 is 0 Å². The average molecular weight is 372 g/mol. The maximum Gasteiger partial charge on any atom is 0.253 e. The van der Waals surface area contributed by atoms with E-state index in [1.54, 1.807) is 6.07 Å². The van der Waals surface area contributed by atoms with E-state index in [2.05, 4.69) is 15.5 Å². The van der Waals surface area contributed by atoms with Crippen LogP contribution in [0, 0.1) is 11.8 Å². The van der Waals surface area contributed by atoms with Crippen molar-refractivity contribution in [3.8, 4) is 0 Å². The fourth-order valence-electron chi connectivity index (χ4n) is 4.57. The number of rotatable bonds is 4. The van der Waals surface area contributed by atoms with E-state index in [1.165, 1.54) is 12.8 Å². The quantitative estimate of drug-likeness (QED) is 0.740. The molecule has 0 unspecified atom stereocenters. The van der Waals surface area contributed by atoms with Gasteiger partial charge in [0.1, 0.15) is 0 Å². The Balaban J connectivity index is 1.48. The van der Waals surface area contributed by atoms with E-state index in [-0.39, 0.29) is 30.9 Å². The van der Waals surface area contributed by atoms with Crippen LogP contribution in [0.3, 0.4) is 0 Å². The molecule has 3 heterocycles. The maximum absolute atomic E-state index is 13.1. The smallest absolute Gasteiger partial charge is 0.253 e. The molecule has 7 nitrogen and oxygen atoms in total. The second-order valence-electron chi connectivity index (χ2n) is 8.03. The molecule has 0 saturated carbocycles. The van der Waals surface area contributed by atoms with Crippen molar-refractivity contribution in [3.63, 3.8) is 0 Å². The molecule has 3 aliphatic rings. The zero-order valence-electron chi connectivity index (χ0n) is 15.6. The van der Waals surface area contributed by atoms with E-state index in [9.17, 15) is 14.7 Å². The fraction of sp³-hybridized carbons (Fsp3) is 0.600. The molecule has 2 atom stereocenters. The Bertz CT molecular complexity index is 717. The number of benzene rings is 1. The number of piperidine rings is 1. The largest absolute Gasteiger partial charge is 0.396 e. The number of amides is 2. The topological polar surface area (TPSA) is 84.9 Å². The van der Waals surface area contributed by atoms with Gasteiger partial charge in [0.05, 0.1) is 17.9 Å². The highest BCUT2D eigenvalue weighted by Gasteiger charge is 2.32. The Morgan fingerprint density at radius 1 is 1.15 bits per heavy atom. The van der Waals surface area contributed by atoms with Crippen molar-refractivity contribution in [2.24, 2.45) is 11.8 Å². The molecule has 0 bridgehead atoms. The van der Waals surface area contributed by atoms with Crippen LogP contribution in [0.2, 0.25) is 0 Å². The third-order valence-electron chi connectivity index (χ3n) is 5.86. The summed E-state index contributed by atoms with van der Waals surface area (Å²) in [6.45, 7) is 4.98. The Labute approximate surface area is 159 Å². The molecule has 0 aliphatic carbocycles. The van der Waals surface area contributed by atoms with Gasteiger partial charge in [-0.3, -0.25) is 9.59 Å². The molecule has 146 valence electrons. The van der Waals surface area contributed by atoms with Crippen LogP contribution in [0.5, 0.6) is 0 Å². The van der Waals surface area contributed by atoms with Gasteiger partial charge in [-0.05, 0) is 62.4 Å². The molecule has 0 aromatic heterocycles. The van der Waals surface area contributed by atoms with Crippen LogP contribution in [0.4, 0.5) is 11.4 Å². The number of aliphatic hydroxyl groups is 1. The number of hydrogen-bond acceptors (Lipinski definition) is 5. The van der Waals surface area contributed by atoms with Crippen molar-refractivity contribution in [2.45, 2.75) is 19.3 Å². The van der Waals surface area contributed by atoms with Gasteiger partial charge in [-0.2, -0.15) is 0 Å². The third kappa shape index (κ3) is 4.09. The number of fused-ring (bicyclic) bond motifs is 1. The number of nitrogens with zero attached hydrogens (tertiary/aromatic N) is 2. The molecule has 3 N–H and O–H groups in total. The summed E-state index contributed by atoms with van der Waals surface area (Å²) in [6.07, 6.45) is 3.49. The van der Waals surface area contributed by atoms with Crippen LogP contribution in [0.1, 0.15) is 29.6 Å². The molecule has 2 amide bonds. The molecule has 1 aromatic rings. The van der Waals surface area contributed by atoms with Crippen molar-refractivity contribution in [1.29, 1.82) is 0 Å². The fourth-order valence-corrected chi connectivity index (χ4v) is 4.57. The number of carbonyl (C=O) groups excluding carboxylic acids is 2. The van der Waals surface area contributed by atoms with Crippen LogP contribution >= 0.6 is 0 Å². The van der Waals surface area contributed by atoms with Crippen LogP contribution in [-0.2, 0) is 4.79 Å². The molecule has 27 heavy (non-hydrogen) atoms. The van der Waals surface area contributed by atoms with Gasteiger partial charge >= 0.3 is 0 Å². The molecular formula is C20H28N4O3. The Hall–Kier alpha value is -2.12. The van der Waals surface area contributed by atoms with Crippen molar-refractivity contribution in [1.82, 2.24) is 9.80 Å². The first-order chi connectivity index (χ1) is 13.1. The first-order valence-electron chi connectivity index (χ1n) is 9.92. The molecule has 0 radical (unpaired) electrons. The minimum atomic E-state index is -0.101. The highest BCUT2D eigenvalue weighted by atomic mass is 16.3. The van der Waals surface area contributed by atoms with Gasteiger partial charge in [-0.15, -0.1) is 0 Å². The van der Waals surface area contributed by atoms with Gasteiger partial charge in [-0.25, -0.2) is 0 Å². The number of hydrogen-bond donors (Lipinski definition) is 3. The summed E-state index contributed by atoms with van der Waals surface area (Å²) >= 11 is 0. The van der Waals surface area contributed by atoms with Crippen molar-refractivity contribution in [3.05, 3.63) is 23.8 Å². The Kier molecular flexibility index (Phi) is 5.31. The lowest BCUT2D eigenvalue weighted by Gasteiger charge is -2.38. The van der Waals surface area contributed by atoms with Gasteiger partial charge < -0.3 is 25.5 Å². The maximum atomic E-state index is 13.1. The van der Waals surface area contributed by atoms with Crippen LogP contribution in [0.25, 0.3) is 0 Å². The summed E-state index contributed by atoms with van der Waals surface area (Å²) < 4.78 is 0. The predicted octanol–water partition coefficient (Wildman–Crippen LogP) is 1.22.